The molecule has 1 aliphatic rings. The van der Waals surface area contributed by atoms with Crippen LogP contribution in [0.1, 0.15) is 37.6 Å². The molecular formula is C23H29FN2. The van der Waals surface area contributed by atoms with Gasteiger partial charge in [-0.15, -0.1) is 0 Å². The van der Waals surface area contributed by atoms with Crippen LogP contribution in [0.3, 0.4) is 0 Å². The van der Waals surface area contributed by atoms with E-state index in [0.29, 0.717) is 12.6 Å². The summed E-state index contributed by atoms with van der Waals surface area (Å²) < 4.78 is 13.9. The number of hydrogen-bond acceptors (Lipinski definition) is 1. The highest BCUT2D eigenvalue weighted by Crippen LogP contribution is 2.31. The van der Waals surface area contributed by atoms with Gasteiger partial charge in [0.05, 0.1) is 0 Å². The fourth-order valence-electron chi connectivity index (χ4n) is 3.64. The van der Waals surface area contributed by atoms with Crippen LogP contribution in [0.15, 0.2) is 54.6 Å². The minimum atomic E-state index is -1.14. The number of fused-ring (bicyclic) bond motifs is 3. The van der Waals surface area contributed by atoms with E-state index in [-0.39, 0.29) is 0 Å². The van der Waals surface area contributed by atoms with Gasteiger partial charge in [0.1, 0.15) is 5.67 Å². The number of nitrogens with zero attached hydrogens (tertiary/aromatic N) is 1. The summed E-state index contributed by atoms with van der Waals surface area (Å²) >= 11 is 0. The maximum absolute atomic E-state index is 13.9. The van der Waals surface area contributed by atoms with Crippen LogP contribution in [0.25, 0.3) is 10.9 Å². The Labute approximate surface area is 156 Å². The number of para-hydroxylation sites is 1. The van der Waals surface area contributed by atoms with Crippen molar-refractivity contribution in [1.29, 1.82) is 0 Å². The first kappa shape index (κ1) is 18.7. The van der Waals surface area contributed by atoms with Crippen molar-refractivity contribution in [2.75, 3.05) is 6.54 Å². The van der Waals surface area contributed by atoms with Crippen molar-refractivity contribution < 1.29 is 4.39 Å². The van der Waals surface area contributed by atoms with E-state index in [2.05, 4.69) is 60.1 Å². The summed E-state index contributed by atoms with van der Waals surface area (Å²) in [5.74, 6) is 0. The van der Waals surface area contributed by atoms with Crippen LogP contribution in [-0.2, 0) is 13.0 Å². The fourth-order valence-corrected chi connectivity index (χ4v) is 3.64. The molecule has 2 heterocycles. The summed E-state index contributed by atoms with van der Waals surface area (Å²) in [6.45, 7) is 8.89. The van der Waals surface area contributed by atoms with Crippen LogP contribution < -0.4 is 0 Å². The fraction of sp³-hybridized carbons (Fsp3) is 0.391. The van der Waals surface area contributed by atoms with Crippen LogP contribution in [-0.4, -0.2) is 28.1 Å². The monoisotopic (exact) mass is 352 g/mol. The van der Waals surface area contributed by atoms with Gasteiger partial charge < -0.3 is 4.98 Å². The molecule has 0 aliphatic carbocycles. The molecular weight excluding hydrogens is 323 g/mol. The summed E-state index contributed by atoms with van der Waals surface area (Å²) in [7, 11) is 0. The average Bonchev–Trinajstić information content (AvgIpc) is 2.93. The number of nitrogens with one attached hydrogen (secondary N) is 1. The molecule has 0 radical (unpaired) electrons. The molecule has 0 saturated carbocycles. The summed E-state index contributed by atoms with van der Waals surface area (Å²) in [6, 6.07) is 19.1. The van der Waals surface area contributed by atoms with Crippen LogP contribution in [0.2, 0.25) is 0 Å². The van der Waals surface area contributed by atoms with Crippen molar-refractivity contribution in [1.82, 2.24) is 9.88 Å². The van der Waals surface area contributed by atoms with Gasteiger partial charge in [-0.3, -0.25) is 4.90 Å². The zero-order valence-electron chi connectivity index (χ0n) is 16.2. The second-order valence-corrected chi connectivity index (χ2v) is 7.96. The normalized spacial score (nSPS) is 17.5. The van der Waals surface area contributed by atoms with E-state index >= 15 is 0 Å². The number of aromatic amines is 1. The molecule has 2 aromatic carbocycles. The van der Waals surface area contributed by atoms with E-state index in [4.69, 9.17) is 0 Å². The summed E-state index contributed by atoms with van der Waals surface area (Å²) in [4.78, 5) is 5.72. The first-order valence-corrected chi connectivity index (χ1v) is 9.36. The number of aromatic nitrogens is 1. The quantitative estimate of drug-likeness (QED) is 0.631. The highest BCUT2D eigenvalue weighted by Gasteiger charge is 2.30. The second-order valence-electron chi connectivity index (χ2n) is 7.96. The standard InChI is InChI=1S/C16H21FN2.C7H8/c1-11-8-13-12-6-4-5-7-14(12)18-15(13)9-19(11)10-16(2,3)17;1-7-5-3-2-4-6-7/h4-7,11,18H,8-10H2,1-3H3;2-6H,1H3/t11-;/m1./s1. The molecule has 0 saturated heterocycles. The van der Waals surface area contributed by atoms with Crippen molar-refractivity contribution >= 4 is 10.9 Å². The van der Waals surface area contributed by atoms with Crippen LogP contribution in [0, 0.1) is 6.92 Å². The molecule has 2 nitrogen and oxygen atoms in total. The van der Waals surface area contributed by atoms with Gasteiger partial charge in [-0.25, -0.2) is 4.39 Å². The predicted molar refractivity (Wildman–Crippen MR) is 108 cm³/mol. The zero-order valence-corrected chi connectivity index (χ0v) is 16.2. The van der Waals surface area contributed by atoms with E-state index in [9.17, 15) is 4.39 Å². The molecule has 1 N–H and O–H groups in total. The Morgan fingerprint density at radius 3 is 2.35 bits per heavy atom. The Kier molecular flexibility index (Phi) is 5.47. The number of alkyl halides is 1. The van der Waals surface area contributed by atoms with E-state index in [1.807, 2.05) is 18.2 Å². The first-order valence-electron chi connectivity index (χ1n) is 9.36. The largest absolute Gasteiger partial charge is 0.357 e. The van der Waals surface area contributed by atoms with Crippen molar-refractivity contribution in [2.24, 2.45) is 0 Å². The van der Waals surface area contributed by atoms with Gasteiger partial charge in [-0.1, -0.05) is 54.1 Å². The molecule has 3 aromatic rings. The molecule has 4 rings (SSSR count). The van der Waals surface area contributed by atoms with E-state index in [0.717, 1.165) is 13.0 Å². The molecule has 138 valence electrons. The number of benzene rings is 2. The highest BCUT2D eigenvalue weighted by atomic mass is 19.1. The third kappa shape index (κ3) is 4.53. The van der Waals surface area contributed by atoms with Gasteiger partial charge in [0.15, 0.2) is 0 Å². The summed E-state index contributed by atoms with van der Waals surface area (Å²) in [6.07, 6.45) is 0.995. The predicted octanol–water partition coefficient (Wildman–Crippen LogP) is 5.66. The number of H-pyrrole nitrogens is 1. The Bertz CT molecular complexity index is 846. The Hall–Kier alpha value is -2.13. The van der Waals surface area contributed by atoms with Crippen LogP contribution in [0.4, 0.5) is 4.39 Å². The lowest BCUT2D eigenvalue weighted by atomic mass is 9.96. The van der Waals surface area contributed by atoms with Crippen LogP contribution >= 0.6 is 0 Å². The van der Waals surface area contributed by atoms with Gasteiger partial charge in [-0.05, 0) is 45.7 Å². The SMILES string of the molecule is C[C@@H]1Cc2c([nH]c3ccccc23)CN1CC(C)(C)F.Cc1ccccc1. The molecule has 26 heavy (non-hydrogen) atoms. The lowest BCUT2D eigenvalue weighted by Gasteiger charge is -2.36. The van der Waals surface area contributed by atoms with Crippen molar-refractivity contribution in [3.05, 3.63) is 71.4 Å². The first-order chi connectivity index (χ1) is 12.3. The molecule has 1 aliphatic heterocycles. The van der Waals surface area contributed by atoms with Gasteiger partial charge in [0.25, 0.3) is 0 Å². The van der Waals surface area contributed by atoms with Crippen molar-refractivity contribution in [2.45, 2.75) is 52.4 Å². The van der Waals surface area contributed by atoms with Crippen molar-refractivity contribution in [3.63, 3.8) is 0 Å². The summed E-state index contributed by atoms with van der Waals surface area (Å²) in [5.41, 5.74) is 4.04. The molecule has 1 aromatic heterocycles. The molecule has 0 fully saturated rings. The van der Waals surface area contributed by atoms with E-state index < -0.39 is 5.67 Å². The third-order valence-corrected chi connectivity index (χ3v) is 4.91. The Morgan fingerprint density at radius 1 is 1.08 bits per heavy atom. The summed E-state index contributed by atoms with van der Waals surface area (Å²) in [5, 5.41) is 1.32. The van der Waals surface area contributed by atoms with E-state index in [1.165, 1.54) is 27.7 Å². The molecule has 0 unspecified atom stereocenters. The maximum atomic E-state index is 13.9. The third-order valence-electron chi connectivity index (χ3n) is 4.91. The van der Waals surface area contributed by atoms with Gasteiger partial charge >= 0.3 is 0 Å². The van der Waals surface area contributed by atoms with Gasteiger partial charge in [-0.2, -0.15) is 0 Å². The minimum Gasteiger partial charge on any atom is -0.357 e. The highest BCUT2D eigenvalue weighted by molar-refractivity contribution is 5.84. The van der Waals surface area contributed by atoms with Gasteiger partial charge in [0.2, 0.25) is 0 Å². The lowest BCUT2D eigenvalue weighted by molar-refractivity contribution is 0.0853. The number of halogens is 1. The smallest absolute Gasteiger partial charge is 0.118 e. The Balaban J connectivity index is 0.000000236. The average molecular weight is 352 g/mol. The van der Waals surface area contributed by atoms with E-state index in [1.54, 1.807) is 13.8 Å². The maximum Gasteiger partial charge on any atom is 0.118 e. The number of hydrogen-bond donors (Lipinski definition) is 1. The molecule has 0 amide bonds. The van der Waals surface area contributed by atoms with Crippen LogP contribution in [0.5, 0.6) is 0 Å². The second kappa shape index (κ2) is 7.63. The molecule has 1 atom stereocenters. The lowest BCUT2D eigenvalue weighted by Crippen LogP contribution is -2.44. The Morgan fingerprint density at radius 2 is 1.73 bits per heavy atom. The van der Waals surface area contributed by atoms with Crippen molar-refractivity contribution in [3.8, 4) is 0 Å². The minimum absolute atomic E-state index is 0.390. The zero-order chi connectivity index (χ0) is 18.7. The molecule has 0 spiro atoms. The molecule has 3 heteroatoms. The number of aryl methyl sites for hydroxylation is 1. The number of rotatable bonds is 2. The topological polar surface area (TPSA) is 19.0 Å². The molecule has 0 bridgehead atoms. The van der Waals surface area contributed by atoms with Gasteiger partial charge in [0, 0.05) is 35.7 Å².